The highest BCUT2D eigenvalue weighted by Crippen LogP contribution is 2.19. The minimum Gasteiger partial charge on any atom is -0.396 e. The molecule has 15 heavy (non-hydrogen) atoms. The van der Waals surface area contributed by atoms with Crippen LogP contribution in [0.3, 0.4) is 0 Å². The van der Waals surface area contributed by atoms with Crippen molar-refractivity contribution in [3.63, 3.8) is 0 Å². The Hall–Kier alpha value is -1.38. The van der Waals surface area contributed by atoms with Gasteiger partial charge in [0.25, 0.3) is 0 Å². The highest BCUT2D eigenvalue weighted by molar-refractivity contribution is 6.21. The van der Waals surface area contributed by atoms with E-state index in [9.17, 15) is 4.79 Å². The van der Waals surface area contributed by atoms with Crippen molar-refractivity contribution < 1.29 is 9.63 Å². The van der Waals surface area contributed by atoms with E-state index in [0.29, 0.717) is 6.61 Å². The van der Waals surface area contributed by atoms with E-state index in [2.05, 4.69) is 5.16 Å². The Morgan fingerprint density at radius 1 is 1.40 bits per heavy atom. The second kappa shape index (κ2) is 4.91. The van der Waals surface area contributed by atoms with Crippen LogP contribution < -0.4 is 0 Å². The normalized spacial score (nSPS) is 19.3. The first-order chi connectivity index (χ1) is 7.06. The van der Waals surface area contributed by atoms with Gasteiger partial charge in [0, 0.05) is 5.57 Å². The second-order valence-corrected chi connectivity index (χ2v) is 3.84. The lowest BCUT2D eigenvalue weighted by Crippen LogP contribution is -2.15. The molecular formula is C12H17NO2. The maximum absolute atomic E-state index is 11.6. The molecule has 1 rings (SSSR count). The summed E-state index contributed by atoms with van der Waals surface area (Å²) in [5, 5.41) is 3.97. The lowest BCUT2D eigenvalue weighted by molar-refractivity contribution is -0.111. The summed E-state index contributed by atoms with van der Waals surface area (Å²) < 4.78 is 0. The van der Waals surface area contributed by atoms with Gasteiger partial charge in [0.2, 0.25) is 0 Å². The molecule has 0 aromatic rings. The molecule has 0 saturated carbocycles. The molecule has 0 saturated heterocycles. The summed E-state index contributed by atoms with van der Waals surface area (Å²) in [6.07, 6.45) is 3.44. The van der Waals surface area contributed by atoms with Crippen molar-refractivity contribution in [2.24, 2.45) is 11.1 Å². The first-order valence-electron chi connectivity index (χ1n) is 5.20. The van der Waals surface area contributed by atoms with Crippen LogP contribution in [0.15, 0.2) is 28.5 Å². The summed E-state index contributed by atoms with van der Waals surface area (Å²) in [6.45, 7) is 8.27. The molecule has 0 aromatic heterocycles. The summed E-state index contributed by atoms with van der Waals surface area (Å²) in [6, 6.07) is 0. The summed E-state index contributed by atoms with van der Waals surface area (Å²) in [4.78, 5) is 16.6. The minimum atomic E-state index is 0.0814. The fraction of sp³-hybridized carbons (Fsp3) is 0.500. The van der Waals surface area contributed by atoms with E-state index in [0.717, 1.165) is 16.9 Å². The Bertz CT molecular complexity index is 349. The third-order valence-electron chi connectivity index (χ3n) is 2.24. The molecule has 0 bridgehead atoms. The summed E-state index contributed by atoms with van der Waals surface area (Å²) in [5.41, 5.74) is 2.40. The van der Waals surface area contributed by atoms with Crippen molar-refractivity contribution >= 4 is 11.5 Å². The first-order valence-corrected chi connectivity index (χ1v) is 5.20. The molecule has 0 atom stereocenters. The number of carbonyl (C=O) groups excluding carboxylic acids is 1. The van der Waals surface area contributed by atoms with Crippen LogP contribution in [0.2, 0.25) is 0 Å². The van der Waals surface area contributed by atoms with Crippen LogP contribution >= 0.6 is 0 Å². The third-order valence-corrected chi connectivity index (χ3v) is 2.24. The van der Waals surface area contributed by atoms with E-state index in [1.165, 1.54) is 0 Å². The number of ketones is 1. The highest BCUT2D eigenvalue weighted by Gasteiger charge is 2.18. The van der Waals surface area contributed by atoms with Crippen LogP contribution in [0.5, 0.6) is 0 Å². The lowest BCUT2D eigenvalue weighted by Gasteiger charge is -2.14. The number of hydrogen-bond donors (Lipinski definition) is 0. The molecule has 3 heteroatoms. The maximum Gasteiger partial charge on any atom is 0.182 e. The van der Waals surface area contributed by atoms with Gasteiger partial charge in [0.1, 0.15) is 12.3 Å². The molecule has 0 spiro atoms. The summed E-state index contributed by atoms with van der Waals surface area (Å²) in [5.74, 6) is 0.298. The van der Waals surface area contributed by atoms with Gasteiger partial charge in [-0.05, 0) is 37.5 Å². The zero-order chi connectivity index (χ0) is 11.4. The van der Waals surface area contributed by atoms with E-state index in [4.69, 9.17) is 4.84 Å². The van der Waals surface area contributed by atoms with Crippen LogP contribution in [-0.4, -0.2) is 18.1 Å². The van der Waals surface area contributed by atoms with Gasteiger partial charge in [0.05, 0.1) is 0 Å². The van der Waals surface area contributed by atoms with Crippen LogP contribution in [0.25, 0.3) is 0 Å². The van der Waals surface area contributed by atoms with Crippen molar-refractivity contribution in [1.82, 2.24) is 0 Å². The van der Waals surface area contributed by atoms with Gasteiger partial charge >= 0.3 is 0 Å². The summed E-state index contributed by atoms with van der Waals surface area (Å²) in [7, 11) is 0. The van der Waals surface area contributed by atoms with Gasteiger partial charge in [-0.1, -0.05) is 19.0 Å². The first kappa shape index (κ1) is 11.7. The van der Waals surface area contributed by atoms with Gasteiger partial charge in [-0.25, -0.2) is 0 Å². The average molecular weight is 207 g/mol. The lowest BCUT2D eigenvalue weighted by atomic mass is 9.90. The van der Waals surface area contributed by atoms with Crippen molar-refractivity contribution in [3.8, 4) is 0 Å². The molecule has 0 N–H and O–H groups in total. The fourth-order valence-electron chi connectivity index (χ4n) is 1.37. The average Bonchev–Trinajstić information content (AvgIpc) is 2.16. The smallest absolute Gasteiger partial charge is 0.182 e. The molecule has 3 nitrogen and oxygen atoms in total. The molecule has 0 amide bonds. The molecule has 1 aliphatic rings. The Labute approximate surface area is 90.5 Å². The SMILES string of the molecule is CCO/N=C1/C=C(C(C)C)C(=O)C=C1C. The minimum absolute atomic E-state index is 0.0814. The number of rotatable bonds is 3. The van der Waals surface area contributed by atoms with Gasteiger partial charge in [-0.2, -0.15) is 0 Å². The molecule has 0 fully saturated rings. The summed E-state index contributed by atoms with van der Waals surface area (Å²) >= 11 is 0. The monoisotopic (exact) mass is 207 g/mol. The number of allylic oxidation sites excluding steroid dienone is 4. The fourth-order valence-corrected chi connectivity index (χ4v) is 1.37. The van der Waals surface area contributed by atoms with E-state index >= 15 is 0 Å². The third kappa shape index (κ3) is 2.78. The van der Waals surface area contributed by atoms with Crippen LogP contribution in [-0.2, 0) is 9.63 Å². The second-order valence-electron chi connectivity index (χ2n) is 3.84. The largest absolute Gasteiger partial charge is 0.396 e. The van der Waals surface area contributed by atoms with E-state index in [1.54, 1.807) is 6.08 Å². The Morgan fingerprint density at radius 3 is 2.60 bits per heavy atom. The van der Waals surface area contributed by atoms with E-state index in [1.807, 2.05) is 33.8 Å². The number of hydrogen-bond acceptors (Lipinski definition) is 3. The molecule has 0 aliphatic heterocycles. The molecule has 0 heterocycles. The molecular weight excluding hydrogens is 190 g/mol. The molecule has 1 aliphatic carbocycles. The Kier molecular flexibility index (Phi) is 3.83. The standard InChI is InChI=1S/C12H17NO2/c1-5-15-13-11-7-10(8(2)3)12(14)6-9(11)4/h6-8H,5H2,1-4H3/b13-11-. The zero-order valence-corrected chi connectivity index (χ0v) is 9.70. The Balaban J connectivity index is 2.98. The maximum atomic E-state index is 11.6. The van der Waals surface area contributed by atoms with E-state index < -0.39 is 0 Å². The topological polar surface area (TPSA) is 38.7 Å². The van der Waals surface area contributed by atoms with Crippen molar-refractivity contribution in [2.75, 3.05) is 6.61 Å². The molecule has 0 aromatic carbocycles. The number of carbonyl (C=O) groups is 1. The van der Waals surface area contributed by atoms with Gasteiger partial charge in [0.15, 0.2) is 5.78 Å². The van der Waals surface area contributed by atoms with Gasteiger partial charge in [-0.3, -0.25) is 4.79 Å². The Morgan fingerprint density at radius 2 is 2.07 bits per heavy atom. The van der Waals surface area contributed by atoms with E-state index in [-0.39, 0.29) is 11.7 Å². The number of nitrogens with zero attached hydrogens (tertiary/aromatic N) is 1. The predicted octanol–water partition coefficient (Wildman–Crippen LogP) is 2.49. The van der Waals surface area contributed by atoms with Crippen molar-refractivity contribution in [3.05, 3.63) is 23.3 Å². The highest BCUT2D eigenvalue weighted by atomic mass is 16.6. The molecule has 82 valence electrons. The van der Waals surface area contributed by atoms with Crippen molar-refractivity contribution in [2.45, 2.75) is 27.7 Å². The molecule has 0 unspecified atom stereocenters. The predicted molar refractivity (Wildman–Crippen MR) is 60.7 cm³/mol. The number of oxime groups is 1. The van der Waals surface area contributed by atoms with Crippen LogP contribution in [0, 0.1) is 5.92 Å². The molecule has 0 radical (unpaired) electrons. The van der Waals surface area contributed by atoms with Gasteiger partial charge in [-0.15, -0.1) is 0 Å². The quantitative estimate of drug-likeness (QED) is 0.527. The van der Waals surface area contributed by atoms with Gasteiger partial charge < -0.3 is 4.84 Å². The van der Waals surface area contributed by atoms with Crippen LogP contribution in [0.1, 0.15) is 27.7 Å². The van der Waals surface area contributed by atoms with Crippen LogP contribution in [0.4, 0.5) is 0 Å². The van der Waals surface area contributed by atoms with Crippen molar-refractivity contribution in [1.29, 1.82) is 0 Å². The zero-order valence-electron chi connectivity index (χ0n) is 9.70.